The SMILES string of the molecule is Cc1ccc(C(=O)NC2CCN(C(=O)c3ccoc3)CC2)cc1F. The number of halogens is 1. The van der Waals surface area contributed by atoms with Crippen LogP contribution in [-0.4, -0.2) is 35.8 Å². The minimum Gasteiger partial charge on any atom is -0.472 e. The number of hydrogen-bond acceptors (Lipinski definition) is 3. The second-order valence-electron chi connectivity index (χ2n) is 6.02. The Morgan fingerprint density at radius 3 is 2.58 bits per heavy atom. The van der Waals surface area contributed by atoms with Gasteiger partial charge in [0.05, 0.1) is 11.8 Å². The Labute approximate surface area is 139 Å². The first kappa shape index (κ1) is 16.2. The fourth-order valence-electron chi connectivity index (χ4n) is 2.80. The van der Waals surface area contributed by atoms with Gasteiger partial charge in [-0.1, -0.05) is 6.07 Å². The van der Waals surface area contributed by atoms with Crippen molar-refractivity contribution >= 4 is 11.8 Å². The van der Waals surface area contributed by atoms with Gasteiger partial charge in [0, 0.05) is 24.7 Å². The van der Waals surface area contributed by atoms with E-state index in [1.807, 2.05) is 0 Å². The van der Waals surface area contributed by atoms with E-state index in [2.05, 4.69) is 5.32 Å². The summed E-state index contributed by atoms with van der Waals surface area (Å²) in [6, 6.07) is 6.08. The van der Waals surface area contributed by atoms with E-state index < -0.39 is 0 Å². The second kappa shape index (κ2) is 6.86. The van der Waals surface area contributed by atoms with Gasteiger partial charge in [0.15, 0.2) is 0 Å². The zero-order valence-corrected chi connectivity index (χ0v) is 13.4. The highest BCUT2D eigenvalue weighted by molar-refractivity contribution is 5.95. The normalized spacial score (nSPS) is 15.3. The minimum absolute atomic E-state index is 0.0183. The lowest BCUT2D eigenvalue weighted by Crippen LogP contribution is -2.46. The standard InChI is InChI=1S/C18H19FN2O3/c1-12-2-3-13(10-16(12)19)17(22)20-15-4-7-21(8-5-15)18(23)14-6-9-24-11-14/h2-3,6,9-11,15H,4-5,7-8H2,1H3,(H,20,22). The summed E-state index contributed by atoms with van der Waals surface area (Å²) < 4.78 is 18.5. The van der Waals surface area contributed by atoms with Crippen molar-refractivity contribution in [2.75, 3.05) is 13.1 Å². The minimum atomic E-state index is -0.386. The van der Waals surface area contributed by atoms with Crippen LogP contribution in [0.25, 0.3) is 0 Å². The molecule has 1 aromatic heterocycles. The van der Waals surface area contributed by atoms with E-state index in [-0.39, 0.29) is 23.7 Å². The summed E-state index contributed by atoms with van der Waals surface area (Å²) in [5.74, 6) is -0.731. The van der Waals surface area contributed by atoms with Crippen molar-refractivity contribution in [3.05, 3.63) is 59.3 Å². The maximum Gasteiger partial charge on any atom is 0.257 e. The molecular weight excluding hydrogens is 311 g/mol. The highest BCUT2D eigenvalue weighted by atomic mass is 19.1. The van der Waals surface area contributed by atoms with Gasteiger partial charge in [-0.2, -0.15) is 0 Å². The first-order valence-corrected chi connectivity index (χ1v) is 7.93. The maximum absolute atomic E-state index is 13.6. The number of piperidine rings is 1. The van der Waals surface area contributed by atoms with Crippen LogP contribution in [0.1, 0.15) is 39.1 Å². The third kappa shape index (κ3) is 3.48. The third-order valence-electron chi connectivity index (χ3n) is 4.32. The van der Waals surface area contributed by atoms with Crippen LogP contribution in [0.5, 0.6) is 0 Å². The fraction of sp³-hybridized carbons (Fsp3) is 0.333. The van der Waals surface area contributed by atoms with Crippen LogP contribution in [-0.2, 0) is 0 Å². The molecule has 2 heterocycles. The molecule has 1 aromatic carbocycles. The summed E-state index contributed by atoms with van der Waals surface area (Å²) in [4.78, 5) is 26.2. The van der Waals surface area contributed by atoms with Crippen molar-refractivity contribution in [1.29, 1.82) is 0 Å². The Hall–Kier alpha value is -2.63. The summed E-state index contributed by atoms with van der Waals surface area (Å²) in [7, 11) is 0. The fourth-order valence-corrected chi connectivity index (χ4v) is 2.80. The summed E-state index contributed by atoms with van der Waals surface area (Å²) >= 11 is 0. The van der Waals surface area contributed by atoms with Crippen molar-refractivity contribution in [2.45, 2.75) is 25.8 Å². The lowest BCUT2D eigenvalue weighted by molar-refractivity contribution is 0.0697. The Balaban J connectivity index is 1.54. The van der Waals surface area contributed by atoms with Crippen LogP contribution < -0.4 is 5.32 Å². The van der Waals surface area contributed by atoms with Crippen molar-refractivity contribution in [3.8, 4) is 0 Å². The molecule has 2 amide bonds. The molecule has 0 atom stereocenters. The lowest BCUT2D eigenvalue weighted by Gasteiger charge is -2.32. The van der Waals surface area contributed by atoms with Crippen LogP contribution >= 0.6 is 0 Å². The maximum atomic E-state index is 13.6. The summed E-state index contributed by atoms with van der Waals surface area (Å²) in [6.45, 7) is 2.79. The number of benzene rings is 1. The van der Waals surface area contributed by atoms with Crippen LogP contribution in [0.3, 0.4) is 0 Å². The van der Waals surface area contributed by atoms with Crippen molar-refractivity contribution in [3.63, 3.8) is 0 Å². The Morgan fingerprint density at radius 1 is 1.21 bits per heavy atom. The van der Waals surface area contributed by atoms with Gasteiger partial charge in [0.1, 0.15) is 12.1 Å². The van der Waals surface area contributed by atoms with E-state index >= 15 is 0 Å². The number of likely N-dealkylation sites (tertiary alicyclic amines) is 1. The van der Waals surface area contributed by atoms with Gasteiger partial charge in [-0.3, -0.25) is 9.59 Å². The molecule has 0 aliphatic carbocycles. The van der Waals surface area contributed by atoms with E-state index in [4.69, 9.17) is 4.42 Å². The molecule has 1 aliphatic rings. The van der Waals surface area contributed by atoms with Gasteiger partial charge in [0.2, 0.25) is 0 Å². The lowest BCUT2D eigenvalue weighted by atomic mass is 10.0. The molecule has 6 heteroatoms. The Morgan fingerprint density at radius 2 is 1.96 bits per heavy atom. The van der Waals surface area contributed by atoms with E-state index in [1.54, 1.807) is 30.0 Å². The molecular formula is C18H19FN2O3. The number of carbonyl (C=O) groups is 2. The first-order chi connectivity index (χ1) is 11.5. The molecule has 5 nitrogen and oxygen atoms in total. The largest absolute Gasteiger partial charge is 0.472 e. The average molecular weight is 330 g/mol. The molecule has 0 bridgehead atoms. The number of rotatable bonds is 3. The molecule has 0 unspecified atom stereocenters. The van der Waals surface area contributed by atoms with Gasteiger partial charge in [-0.05, 0) is 43.5 Å². The second-order valence-corrected chi connectivity index (χ2v) is 6.02. The molecule has 126 valence electrons. The molecule has 1 saturated heterocycles. The molecule has 3 rings (SSSR count). The van der Waals surface area contributed by atoms with Gasteiger partial charge < -0.3 is 14.6 Å². The Bertz CT molecular complexity index is 735. The zero-order valence-electron chi connectivity index (χ0n) is 13.4. The summed E-state index contributed by atoms with van der Waals surface area (Å²) in [5.41, 5.74) is 1.36. The molecule has 0 saturated carbocycles. The van der Waals surface area contributed by atoms with Crippen LogP contribution in [0.4, 0.5) is 4.39 Å². The topological polar surface area (TPSA) is 62.6 Å². The number of nitrogens with zero attached hydrogens (tertiary/aromatic N) is 1. The molecule has 1 aliphatic heterocycles. The van der Waals surface area contributed by atoms with Crippen LogP contribution in [0.2, 0.25) is 0 Å². The van der Waals surface area contributed by atoms with Crippen LogP contribution in [0.15, 0.2) is 41.2 Å². The number of aryl methyl sites for hydroxylation is 1. The predicted octanol–water partition coefficient (Wildman–Crippen LogP) is 2.76. The molecule has 2 aromatic rings. The number of nitrogens with one attached hydrogen (secondary N) is 1. The molecule has 24 heavy (non-hydrogen) atoms. The summed E-state index contributed by atoms with van der Waals surface area (Å²) in [6.07, 6.45) is 4.25. The van der Waals surface area contributed by atoms with Crippen molar-refractivity contribution < 1.29 is 18.4 Å². The van der Waals surface area contributed by atoms with Crippen molar-refractivity contribution in [1.82, 2.24) is 10.2 Å². The molecule has 0 spiro atoms. The molecule has 1 fully saturated rings. The van der Waals surface area contributed by atoms with Gasteiger partial charge in [0.25, 0.3) is 11.8 Å². The Kier molecular flexibility index (Phi) is 4.64. The third-order valence-corrected chi connectivity index (χ3v) is 4.32. The number of furan rings is 1. The molecule has 0 radical (unpaired) electrons. The first-order valence-electron chi connectivity index (χ1n) is 7.93. The predicted molar refractivity (Wildman–Crippen MR) is 86.2 cm³/mol. The van der Waals surface area contributed by atoms with Crippen molar-refractivity contribution in [2.24, 2.45) is 0 Å². The zero-order chi connectivity index (χ0) is 17.1. The smallest absolute Gasteiger partial charge is 0.257 e. The van der Waals surface area contributed by atoms with Crippen LogP contribution in [0, 0.1) is 12.7 Å². The number of amides is 2. The average Bonchev–Trinajstić information content (AvgIpc) is 3.12. The van der Waals surface area contributed by atoms with Gasteiger partial charge >= 0.3 is 0 Å². The van der Waals surface area contributed by atoms with E-state index in [1.165, 1.54) is 18.6 Å². The van der Waals surface area contributed by atoms with Gasteiger partial charge in [-0.15, -0.1) is 0 Å². The van der Waals surface area contributed by atoms with E-state index in [0.717, 1.165) is 0 Å². The monoisotopic (exact) mass is 330 g/mol. The van der Waals surface area contributed by atoms with E-state index in [9.17, 15) is 14.0 Å². The highest BCUT2D eigenvalue weighted by Gasteiger charge is 2.25. The highest BCUT2D eigenvalue weighted by Crippen LogP contribution is 2.15. The molecule has 1 N–H and O–H groups in total. The number of hydrogen-bond donors (Lipinski definition) is 1. The number of carbonyl (C=O) groups excluding carboxylic acids is 2. The van der Waals surface area contributed by atoms with E-state index in [0.29, 0.717) is 42.6 Å². The van der Waals surface area contributed by atoms with Gasteiger partial charge in [-0.25, -0.2) is 4.39 Å². The summed E-state index contributed by atoms with van der Waals surface area (Å²) in [5, 5.41) is 2.91. The quantitative estimate of drug-likeness (QED) is 0.941.